The van der Waals surface area contributed by atoms with E-state index in [2.05, 4.69) is 10.5 Å². The van der Waals surface area contributed by atoms with Crippen LogP contribution in [0.4, 0.5) is 23.2 Å². The molecule has 1 aliphatic rings. The Morgan fingerprint density at radius 3 is 2.57 bits per heavy atom. The molecule has 0 atom stereocenters. The zero-order chi connectivity index (χ0) is 20.1. The number of anilines is 1. The molecule has 4 nitrogen and oxygen atoms in total. The predicted molar refractivity (Wildman–Crippen MR) is 98.7 cm³/mol. The van der Waals surface area contributed by atoms with Gasteiger partial charge in [0.05, 0.1) is 23.9 Å². The lowest BCUT2D eigenvalue weighted by molar-refractivity contribution is -0.137. The number of hydrogen-bond donors (Lipinski definition) is 1. The zero-order valence-electron chi connectivity index (χ0n) is 15.0. The van der Waals surface area contributed by atoms with Crippen molar-refractivity contribution in [3.63, 3.8) is 0 Å². The van der Waals surface area contributed by atoms with E-state index in [9.17, 15) is 22.4 Å². The van der Waals surface area contributed by atoms with Gasteiger partial charge in [-0.05, 0) is 42.2 Å². The molecule has 1 heterocycles. The maximum atomic E-state index is 14.2. The van der Waals surface area contributed by atoms with Gasteiger partial charge in [-0.1, -0.05) is 24.3 Å². The molecular formula is C20H19F4N3O. The lowest BCUT2D eigenvalue weighted by Crippen LogP contribution is -2.20. The molecule has 0 saturated carbocycles. The largest absolute Gasteiger partial charge is 0.416 e. The number of carbonyl (C=O) groups is 1. The van der Waals surface area contributed by atoms with Gasteiger partial charge in [0.1, 0.15) is 5.82 Å². The minimum absolute atomic E-state index is 0.225. The molecule has 1 amide bonds. The third kappa shape index (κ3) is 5.09. The molecule has 0 unspecified atom stereocenters. The molecular weight excluding hydrogens is 374 g/mol. The van der Waals surface area contributed by atoms with Gasteiger partial charge in [0.15, 0.2) is 0 Å². The minimum atomic E-state index is -4.46. The molecule has 0 spiro atoms. The molecule has 3 rings (SSSR count). The Hall–Kier alpha value is -2.90. The Morgan fingerprint density at radius 2 is 1.89 bits per heavy atom. The van der Waals surface area contributed by atoms with Gasteiger partial charge < -0.3 is 4.90 Å². The molecule has 0 aromatic heterocycles. The van der Waals surface area contributed by atoms with Crippen LogP contribution in [0.5, 0.6) is 0 Å². The first-order valence-electron chi connectivity index (χ1n) is 8.85. The molecule has 0 bridgehead atoms. The third-order valence-corrected chi connectivity index (χ3v) is 4.44. The van der Waals surface area contributed by atoms with Gasteiger partial charge in [-0.3, -0.25) is 4.79 Å². The Bertz CT molecular complexity index is 874. The highest BCUT2D eigenvalue weighted by Gasteiger charge is 2.30. The number of nitrogens with zero attached hydrogens (tertiary/aromatic N) is 2. The summed E-state index contributed by atoms with van der Waals surface area (Å²) in [5, 5.41) is 3.75. The number of amides is 1. The smallest absolute Gasteiger partial charge is 0.369 e. The number of carbonyl (C=O) groups excluding carboxylic acids is 1. The fourth-order valence-electron chi connectivity index (χ4n) is 3.08. The second-order valence-corrected chi connectivity index (χ2v) is 6.57. The van der Waals surface area contributed by atoms with Crippen LogP contribution < -0.4 is 10.3 Å². The third-order valence-electron chi connectivity index (χ3n) is 4.44. The van der Waals surface area contributed by atoms with Crippen LogP contribution in [0.2, 0.25) is 0 Å². The molecule has 0 aliphatic carbocycles. The highest BCUT2D eigenvalue weighted by molar-refractivity contribution is 5.83. The second-order valence-electron chi connectivity index (χ2n) is 6.57. The summed E-state index contributed by atoms with van der Waals surface area (Å²) in [5.41, 5.74) is 2.68. The Labute approximate surface area is 159 Å². The van der Waals surface area contributed by atoms with Gasteiger partial charge in [-0.25, -0.2) is 9.82 Å². The normalized spacial score (nSPS) is 14.6. The molecule has 8 heteroatoms. The second kappa shape index (κ2) is 8.41. The Morgan fingerprint density at radius 1 is 1.14 bits per heavy atom. The Kier molecular flexibility index (Phi) is 5.96. The summed E-state index contributed by atoms with van der Waals surface area (Å²) in [6.07, 6.45) is -1.33. The molecule has 2 aromatic rings. The number of hydrogen-bond acceptors (Lipinski definition) is 3. The van der Waals surface area contributed by atoms with Crippen molar-refractivity contribution in [2.24, 2.45) is 5.10 Å². The summed E-state index contributed by atoms with van der Waals surface area (Å²) in [6.45, 7) is 1.66. The highest BCUT2D eigenvalue weighted by atomic mass is 19.4. The topological polar surface area (TPSA) is 44.7 Å². The van der Waals surface area contributed by atoms with Gasteiger partial charge in [-0.15, -0.1) is 0 Å². The number of hydrazone groups is 1. The van der Waals surface area contributed by atoms with Crippen LogP contribution in [-0.2, 0) is 17.4 Å². The van der Waals surface area contributed by atoms with Crippen LogP contribution in [0.25, 0.3) is 0 Å². The van der Waals surface area contributed by atoms with Crippen LogP contribution in [0.3, 0.4) is 0 Å². The van der Waals surface area contributed by atoms with Gasteiger partial charge in [0.2, 0.25) is 5.91 Å². The fraction of sp³-hybridized carbons (Fsp3) is 0.300. The summed E-state index contributed by atoms with van der Waals surface area (Å²) >= 11 is 0. The fourth-order valence-corrected chi connectivity index (χ4v) is 3.08. The molecule has 28 heavy (non-hydrogen) atoms. The molecule has 0 radical (unpaired) electrons. The van der Waals surface area contributed by atoms with E-state index in [1.165, 1.54) is 24.4 Å². The summed E-state index contributed by atoms with van der Waals surface area (Å²) in [7, 11) is 0. The molecule has 1 aliphatic heterocycles. The van der Waals surface area contributed by atoms with Crippen LogP contribution in [-0.4, -0.2) is 25.2 Å². The zero-order valence-corrected chi connectivity index (χ0v) is 15.0. The Balaban J connectivity index is 1.57. The van der Waals surface area contributed by atoms with Crippen molar-refractivity contribution in [2.45, 2.75) is 25.4 Å². The quantitative estimate of drug-likeness (QED) is 0.472. The monoisotopic (exact) mass is 393 g/mol. The average molecular weight is 393 g/mol. The average Bonchev–Trinajstić information content (AvgIpc) is 3.16. The lowest BCUT2D eigenvalue weighted by atomic mass is 10.1. The van der Waals surface area contributed by atoms with E-state index in [1.807, 2.05) is 4.90 Å². The summed E-state index contributed by atoms with van der Waals surface area (Å²) in [5.74, 6) is -0.925. The maximum Gasteiger partial charge on any atom is 0.416 e. The number of benzene rings is 2. The van der Waals surface area contributed by atoms with Crippen molar-refractivity contribution >= 4 is 17.8 Å². The van der Waals surface area contributed by atoms with Gasteiger partial charge in [-0.2, -0.15) is 18.3 Å². The van der Waals surface area contributed by atoms with Crippen molar-refractivity contribution in [1.82, 2.24) is 5.43 Å². The van der Waals surface area contributed by atoms with E-state index in [-0.39, 0.29) is 17.8 Å². The van der Waals surface area contributed by atoms with Gasteiger partial charge >= 0.3 is 6.18 Å². The molecule has 1 N–H and O–H groups in total. The maximum absolute atomic E-state index is 14.2. The summed E-state index contributed by atoms with van der Waals surface area (Å²) in [4.78, 5) is 13.9. The van der Waals surface area contributed by atoms with E-state index < -0.39 is 17.6 Å². The van der Waals surface area contributed by atoms with Gasteiger partial charge in [0, 0.05) is 13.1 Å². The number of rotatable bonds is 5. The lowest BCUT2D eigenvalue weighted by Gasteiger charge is -2.18. The van der Waals surface area contributed by atoms with E-state index in [0.29, 0.717) is 11.3 Å². The number of halogens is 4. The van der Waals surface area contributed by atoms with Crippen molar-refractivity contribution in [3.8, 4) is 0 Å². The van der Waals surface area contributed by atoms with E-state index in [0.717, 1.165) is 38.1 Å². The first kappa shape index (κ1) is 19.9. The van der Waals surface area contributed by atoms with Crippen LogP contribution >= 0.6 is 0 Å². The van der Waals surface area contributed by atoms with E-state index in [4.69, 9.17) is 0 Å². The van der Waals surface area contributed by atoms with Crippen molar-refractivity contribution in [3.05, 3.63) is 65.0 Å². The SMILES string of the molecule is O=C(Cc1cccc(C(F)(F)F)c1)N/N=C/c1ccc(N2CCCC2)c(F)c1. The highest BCUT2D eigenvalue weighted by Crippen LogP contribution is 2.29. The van der Waals surface area contributed by atoms with Crippen LogP contribution in [0.15, 0.2) is 47.6 Å². The van der Waals surface area contributed by atoms with E-state index >= 15 is 0 Å². The molecule has 148 valence electrons. The number of nitrogens with one attached hydrogen (secondary N) is 1. The van der Waals surface area contributed by atoms with Crippen molar-refractivity contribution in [2.75, 3.05) is 18.0 Å². The van der Waals surface area contributed by atoms with Crippen LogP contribution in [0.1, 0.15) is 29.5 Å². The predicted octanol–water partition coefficient (Wildman–Crippen LogP) is 4.14. The first-order chi connectivity index (χ1) is 13.3. The summed E-state index contributed by atoms with van der Waals surface area (Å²) in [6, 6.07) is 9.25. The van der Waals surface area contributed by atoms with Gasteiger partial charge in [0.25, 0.3) is 0 Å². The van der Waals surface area contributed by atoms with E-state index in [1.54, 1.807) is 12.1 Å². The molecule has 1 saturated heterocycles. The van der Waals surface area contributed by atoms with Crippen molar-refractivity contribution < 1.29 is 22.4 Å². The van der Waals surface area contributed by atoms with Crippen molar-refractivity contribution in [1.29, 1.82) is 0 Å². The number of alkyl halides is 3. The standard InChI is InChI=1S/C20H19F4N3O/c21-17-11-15(6-7-18(17)27-8-1-2-9-27)13-25-26-19(28)12-14-4-3-5-16(10-14)20(22,23)24/h3-7,10-11,13H,1-2,8-9,12H2,(H,26,28)/b25-13+. The molecule has 1 fully saturated rings. The molecule has 2 aromatic carbocycles. The van der Waals surface area contributed by atoms with Crippen LogP contribution in [0, 0.1) is 5.82 Å². The summed E-state index contributed by atoms with van der Waals surface area (Å²) < 4.78 is 52.3. The minimum Gasteiger partial charge on any atom is -0.369 e. The first-order valence-corrected chi connectivity index (χ1v) is 8.85.